The molecule has 106 valence electrons. The van der Waals surface area contributed by atoms with Gasteiger partial charge in [0, 0.05) is 6.42 Å². The van der Waals surface area contributed by atoms with Crippen LogP contribution >= 0.6 is 0 Å². The van der Waals surface area contributed by atoms with E-state index in [0.717, 1.165) is 37.0 Å². The zero-order valence-electron chi connectivity index (χ0n) is 11.8. The minimum absolute atomic E-state index is 0.0451. The van der Waals surface area contributed by atoms with Gasteiger partial charge in [-0.25, -0.2) is 0 Å². The molecule has 0 aromatic heterocycles. The summed E-state index contributed by atoms with van der Waals surface area (Å²) in [5, 5.41) is 12.1. The molecular formula is C16H20N2O2. The SMILES string of the molecule is COc1cccc(CCC(=O)NC2(C#N)CCCC2)c1. The highest BCUT2D eigenvalue weighted by Gasteiger charge is 2.35. The lowest BCUT2D eigenvalue weighted by Crippen LogP contribution is -2.45. The van der Waals surface area contributed by atoms with Gasteiger partial charge in [-0.3, -0.25) is 4.79 Å². The van der Waals surface area contributed by atoms with E-state index < -0.39 is 5.54 Å². The first-order chi connectivity index (χ1) is 9.67. The molecule has 0 spiro atoms. The first-order valence-corrected chi connectivity index (χ1v) is 7.03. The predicted molar refractivity (Wildman–Crippen MR) is 76.3 cm³/mol. The monoisotopic (exact) mass is 272 g/mol. The Labute approximate surface area is 119 Å². The van der Waals surface area contributed by atoms with E-state index >= 15 is 0 Å². The van der Waals surface area contributed by atoms with Crippen molar-refractivity contribution in [3.63, 3.8) is 0 Å². The molecule has 0 aliphatic heterocycles. The van der Waals surface area contributed by atoms with E-state index in [4.69, 9.17) is 4.74 Å². The zero-order valence-corrected chi connectivity index (χ0v) is 11.8. The Balaban J connectivity index is 1.87. The molecular weight excluding hydrogens is 252 g/mol. The van der Waals surface area contributed by atoms with E-state index in [1.165, 1.54) is 0 Å². The lowest BCUT2D eigenvalue weighted by Gasteiger charge is -2.21. The molecule has 1 aliphatic carbocycles. The van der Waals surface area contributed by atoms with Crippen LogP contribution in [0, 0.1) is 11.3 Å². The summed E-state index contributed by atoms with van der Waals surface area (Å²) in [7, 11) is 1.63. The molecule has 4 heteroatoms. The first-order valence-electron chi connectivity index (χ1n) is 7.03. The van der Waals surface area contributed by atoms with Crippen LogP contribution in [0.25, 0.3) is 0 Å². The normalized spacial score (nSPS) is 16.4. The third kappa shape index (κ3) is 3.51. The molecule has 1 aromatic rings. The van der Waals surface area contributed by atoms with E-state index in [1.807, 2.05) is 24.3 Å². The standard InChI is InChI=1S/C16H20N2O2/c1-20-14-6-4-5-13(11-14)7-8-15(19)18-16(12-17)9-2-3-10-16/h4-6,11H,2-3,7-10H2,1H3,(H,18,19). The molecule has 1 fully saturated rings. The Kier molecular flexibility index (Phi) is 4.62. The minimum Gasteiger partial charge on any atom is -0.497 e. The maximum Gasteiger partial charge on any atom is 0.221 e. The van der Waals surface area contributed by atoms with Crippen LogP contribution in [0.2, 0.25) is 0 Å². The maximum absolute atomic E-state index is 12.0. The number of nitriles is 1. The van der Waals surface area contributed by atoms with Crippen molar-refractivity contribution in [2.24, 2.45) is 0 Å². The average Bonchev–Trinajstić information content (AvgIpc) is 2.94. The number of nitrogens with zero attached hydrogens (tertiary/aromatic N) is 1. The topological polar surface area (TPSA) is 62.1 Å². The van der Waals surface area contributed by atoms with Crippen LogP contribution < -0.4 is 10.1 Å². The van der Waals surface area contributed by atoms with Crippen LogP contribution in [-0.4, -0.2) is 18.6 Å². The average molecular weight is 272 g/mol. The summed E-state index contributed by atoms with van der Waals surface area (Å²) in [4.78, 5) is 12.0. The predicted octanol–water partition coefficient (Wildman–Crippen LogP) is 2.58. The number of hydrogen-bond acceptors (Lipinski definition) is 3. The molecule has 1 N–H and O–H groups in total. The number of hydrogen-bond donors (Lipinski definition) is 1. The number of aryl methyl sites for hydroxylation is 1. The molecule has 2 rings (SSSR count). The Morgan fingerprint density at radius 3 is 2.85 bits per heavy atom. The van der Waals surface area contributed by atoms with Crippen LogP contribution in [-0.2, 0) is 11.2 Å². The molecule has 0 radical (unpaired) electrons. The van der Waals surface area contributed by atoms with Crippen LogP contribution in [0.15, 0.2) is 24.3 Å². The van der Waals surface area contributed by atoms with Crippen molar-refractivity contribution in [1.29, 1.82) is 5.26 Å². The quantitative estimate of drug-likeness (QED) is 0.896. The lowest BCUT2D eigenvalue weighted by molar-refractivity contribution is -0.122. The highest BCUT2D eigenvalue weighted by Crippen LogP contribution is 2.29. The number of benzene rings is 1. The van der Waals surface area contributed by atoms with Gasteiger partial charge in [0.25, 0.3) is 0 Å². The molecule has 0 saturated heterocycles. The van der Waals surface area contributed by atoms with Gasteiger partial charge in [0.05, 0.1) is 13.2 Å². The second-order valence-electron chi connectivity index (χ2n) is 5.30. The number of carbonyl (C=O) groups is 1. The van der Waals surface area contributed by atoms with E-state index in [1.54, 1.807) is 7.11 Å². The Morgan fingerprint density at radius 2 is 2.20 bits per heavy atom. The van der Waals surface area contributed by atoms with Crippen molar-refractivity contribution in [3.05, 3.63) is 29.8 Å². The molecule has 1 saturated carbocycles. The number of nitrogens with one attached hydrogen (secondary N) is 1. The highest BCUT2D eigenvalue weighted by molar-refractivity contribution is 5.77. The first kappa shape index (κ1) is 14.4. The summed E-state index contributed by atoms with van der Waals surface area (Å²) in [5.41, 5.74) is 0.447. The van der Waals surface area contributed by atoms with Gasteiger partial charge in [0.1, 0.15) is 11.3 Å². The summed E-state index contributed by atoms with van der Waals surface area (Å²) in [5.74, 6) is 0.753. The van der Waals surface area contributed by atoms with Gasteiger partial charge >= 0.3 is 0 Å². The number of ether oxygens (including phenoxy) is 1. The summed E-state index contributed by atoms with van der Waals surface area (Å²) in [6.07, 6.45) is 4.64. The fraction of sp³-hybridized carbons (Fsp3) is 0.500. The molecule has 1 aliphatic rings. The summed E-state index contributed by atoms with van der Waals surface area (Å²) in [6.45, 7) is 0. The third-order valence-electron chi connectivity index (χ3n) is 3.82. The lowest BCUT2D eigenvalue weighted by atomic mass is 9.99. The number of carbonyl (C=O) groups excluding carboxylic acids is 1. The molecule has 1 amide bonds. The number of rotatable bonds is 5. The maximum atomic E-state index is 12.0. The second kappa shape index (κ2) is 6.42. The van der Waals surface area contributed by atoms with Gasteiger partial charge in [0.2, 0.25) is 5.91 Å². The van der Waals surface area contributed by atoms with Gasteiger partial charge in [-0.15, -0.1) is 0 Å². The fourth-order valence-electron chi connectivity index (χ4n) is 2.66. The third-order valence-corrected chi connectivity index (χ3v) is 3.82. The van der Waals surface area contributed by atoms with Crippen LogP contribution in [0.1, 0.15) is 37.7 Å². The molecule has 0 atom stereocenters. The summed E-state index contributed by atoms with van der Waals surface area (Å²) < 4.78 is 5.16. The van der Waals surface area contributed by atoms with Crippen molar-refractivity contribution in [2.75, 3.05) is 7.11 Å². The van der Waals surface area contributed by atoms with Crippen molar-refractivity contribution < 1.29 is 9.53 Å². The molecule has 20 heavy (non-hydrogen) atoms. The number of amides is 1. The Hall–Kier alpha value is -2.02. The molecule has 1 aromatic carbocycles. The van der Waals surface area contributed by atoms with Crippen LogP contribution in [0.5, 0.6) is 5.75 Å². The fourth-order valence-corrected chi connectivity index (χ4v) is 2.66. The van der Waals surface area contributed by atoms with E-state index in [0.29, 0.717) is 12.8 Å². The van der Waals surface area contributed by atoms with E-state index in [9.17, 15) is 10.1 Å². The zero-order chi connectivity index (χ0) is 14.4. The smallest absolute Gasteiger partial charge is 0.221 e. The minimum atomic E-state index is -0.620. The highest BCUT2D eigenvalue weighted by atomic mass is 16.5. The van der Waals surface area contributed by atoms with Crippen LogP contribution in [0.4, 0.5) is 0 Å². The second-order valence-corrected chi connectivity index (χ2v) is 5.30. The van der Waals surface area contributed by atoms with Gasteiger partial charge in [0.15, 0.2) is 0 Å². The van der Waals surface area contributed by atoms with Crippen LogP contribution in [0.3, 0.4) is 0 Å². The molecule has 0 unspecified atom stereocenters. The summed E-state index contributed by atoms with van der Waals surface area (Å²) >= 11 is 0. The van der Waals surface area contributed by atoms with E-state index in [2.05, 4.69) is 11.4 Å². The Morgan fingerprint density at radius 1 is 1.45 bits per heavy atom. The largest absolute Gasteiger partial charge is 0.497 e. The van der Waals surface area contributed by atoms with Gasteiger partial charge in [-0.1, -0.05) is 12.1 Å². The molecule has 4 nitrogen and oxygen atoms in total. The molecule has 0 bridgehead atoms. The Bertz CT molecular complexity index is 513. The van der Waals surface area contributed by atoms with Crippen molar-refractivity contribution in [2.45, 2.75) is 44.1 Å². The van der Waals surface area contributed by atoms with Gasteiger partial charge in [-0.2, -0.15) is 5.26 Å². The van der Waals surface area contributed by atoms with Crippen molar-refractivity contribution >= 4 is 5.91 Å². The van der Waals surface area contributed by atoms with Gasteiger partial charge in [-0.05, 0) is 49.8 Å². The van der Waals surface area contributed by atoms with Crippen molar-refractivity contribution in [3.8, 4) is 11.8 Å². The molecule has 0 heterocycles. The number of methoxy groups -OCH3 is 1. The summed E-state index contributed by atoms with van der Waals surface area (Å²) in [6, 6.07) is 9.98. The van der Waals surface area contributed by atoms with Crippen molar-refractivity contribution in [1.82, 2.24) is 5.32 Å². The van der Waals surface area contributed by atoms with Gasteiger partial charge < -0.3 is 10.1 Å². The van der Waals surface area contributed by atoms with E-state index in [-0.39, 0.29) is 5.91 Å².